The van der Waals surface area contributed by atoms with Gasteiger partial charge in [0.2, 0.25) is 0 Å². The van der Waals surface area contributed by atoms with Crippen molar-refractivity contribution < 1.29 is 44.8 Å². The normalized spacial score (nSPS) is 11.9. The van der Waals surface area contributed by atoms with Crippen LogP contribution in [0.1, 0.15) is 33.4 Å². The maximum atomic E-state index is 3.33. The van der Waals surface area contributed by atoms with Gasteiger partial charge in [0.25, 0.3) is 0 Å². The van der Waals surface area contributed by atoms with Gasteiger partial charge in [0, 0.05) is 0 Å². The van der Waals surface area contributed by atoms with Gasteiger partial charge in [-0.15, -0.1) is 23.3 Å². The third-order valence-electron chi connectivity index (χ3n) is 9.29. The fourth-order valence-electron chi connectivity index (χ4n) is 6.94. The summed E-state index contributed by atoms with van der Waals surface area (Å²) < 4.78 is 1.33. The first-order valence-corrected chi connectivity index (χ1v) is 17.3. The predicted molar refractivity (Wildman–Crippen MR) is 200 cm³/mol. The fourth-order valence-corrected chi connectivity index (χ4v) is 7.46. The molecular formula is C47H32Cl2Ti-2. The Labute approximate surface area is 317 Å². The summed E-state index contributed by atoms with van der Waals surface area (Å²) in [5, 5.41) is 10.8. The van der Waals surface area contributed by atoms with Crippen LogP contribution in [0.3, 0.4) is 0 Å². The van der Waals surface area contributed by atoms with Gasteiger partial charge in [-0.05, 0) is 32.3 Å². The Kier molecular flexibility index (Phi) is 11.3. The average Bonchev–Trinajstić information content (AvgIpc) is 3.86. The minimum atomic E-state index is 0. The van der Waals surface area contributed by atoms with Gasteiger partial charge in [-0.25, -0.2) is 0 Å². The van der Waals surface area contributed by atoms with E-state index in [0.717, 1.165) is 12.8 Å². The van der Waals surface area contributed by atoms with Gasteiger partial charge >= 0.3 is 95.6 Å². The summed E-state index contributed by atoms with van der Waals surface area (Å²) in [4.78, 5) is 0. The molecule has 10 rings (SSSR count). The molecule has 0 amide bonds. The molecule has 50 heavy (non-hydrogen) atoms. The number of hydrogen-bond acceptors (Lipinski definition) is 0. The number of allylic oxidation sites excluding steroid dienone is 2. The van der Waals surface area contributed by atoms with Crippen molar-refractivity contribution in [1.29, 1.82) is 0 Å². The van der Waals surface area contributed by atoms with E-state index in [1.807, 2.05) is 12.1 Å². The molecule has 0 aromatic heterocycles. The summed E-state index contributed by atoms with van der Waals surface area (Å²) in [6.45, 7) is 0. The van der Waals surface area contributed by atoms with Gasteiger partial charge < -0.3 is 24.8 Å². The van der Waals surface area contributed by atoms with Crippen molar-refractivity contribution in [1.82, 2.24) is 0 Å². The monoisotopic (exact) mass is 714 g/mol. The number of halogens is 2. The molecule has 0 aliphatic heterocycles. The summed E-state index contributed by atoms with van der Waals surface area (Å²) in [6, 6.07) is 55.8. The summed E-state index contributed by atoms with van der Waals surface area (Å²) in [5.41, 5.74) is 7.96. The number of fused-ring (bicyclic) bond motifs is 10. The second-order valence-corrected chi connectivity index (χ2v) is 12.9. The van der Waals surface area contributed by atoms with Gasteiger partial charge in [-0.1, -0.05) is 96.4 Å². The van der Waals surface area contributed by atoms with Crippen LogP contribution in [0, 0.1) is 12.2 Å². The first-order chi connectivity index (χ1) is 23.7. The van der Waals surface area contributed by atoms with E-state index in [1.54, 1.807) is 0 Å². The standard InChI is InChI=1S/2C17H11.C13H10.2ClH.Ti/c2*1-2-6-15-12(4-1)8-10-14-11-9-13-5-3-7-16(13)17(14)15;1-3-7-12(8-4-1)11-13-9-5-2-6-10-13;;;/h2*1-4,6,8-11H,7H2;1-10H;2*1H;/q2*-1;;;;+2/p-2. The van der Waals surface area contributed by atoms with Crippen molar-refractivity contribution in [2.75, 3.05) is 0 Å². The molecule has 0 radical (unpaired) electrons. The molecule has 3 heteroatoms. The third kappa shape index (κ3) is 7.04. The first kappa shape index (κ1) is 35.3. The molecule has 0 saturated heterocycles. The molecule has 0 fully saturated rings. The van der Waals surface area contributed by atoms with Crippen LogP contribution in [0.5, 0.6) is 0 Å². The van der Waals surface area contributed by atoms with E-state index in [9.17, 15) is 0 Å². The van der Waals surface area contributed by atoms with Gasteiger partial charge in [-0.2, -0.15) is 47.6 Å². The summed E-state index contributed by atoms with van der Waals surface area (Å²) in [7, 11) is 0. The van der Waals surface area contributed by atoms with Crippen LogP contribution < -0.4 is 24.8 Å². The van der Waals surface area contributed by atoms with Crippen LogP contribution in [0.15, 0.2) is 170 Å². The molecule has 8 aromatic rings. The molecular weight excluding hydrogens is 683 g/mol. The van der Waals surface area contributed by atoms with Crippen molar-refractivity contribution in [3.05, 3.63) is 215 Å². The Morgan fingerprint density at radius 2 is 0.760 bits per heavy atom. The molecule has 0 heterocycles. The zero-order chi connectivity index (χ0) is 32.3. The fraction of sp³-hybridized carbons (Fsp3) is 0.0426. The van der Waals surface area contributed by atoms with Crippen molar-refractivity contribution >= 4 is 46.9 Å². The number of hydrogen-bond donors (Lipinski definition) is 0. The Bertz CT molecular complexity index is 2340. The van der Waals surface area contributed by atoms with Crippen LogP contribution in [0.25, 0.3) is 43.1 Å². The van der Waals surface area contributed by atoms with Crippen LogP contribution in [-0.4, -0.2) is 3.81 Å². The van der Waals surface area contributed by atoms with Gasteiger partial charge in [0.15, 0.2) is 0 Å². The summed E-state index contributed by atoms with van der Waals surface area (Å²) in [5.74, 6) is 0. The third-order valence-corrected chi connectivity index (χ3v) is 10.2. The van der Waals surface area contributed by atoms with E-state index in [0.29, 0.717) is 0 Å². The van der Waals surface area contributed by atoms with E-state index in [4.69, 9.17) is 0 Å². The Morgan fingerprint density at radius 3 is 1.20 bits per heavy atom. The number of benzene rings is 8. The van der Waals surface area contributed by atoms with Gasteiger partial charge in [0.1, 0.15) is 0 Å². The van der Waals surface area contributed by atoms with E-state index in [1.165, 1.54) is 80.3 Å². The van der Waals surface area contributed by atoms with Crippen molar-refractivity contribution in [2.45, 2.75) is 12.8 Å². The summed E-state index contributed by atoms with van der Waals surface area (Å²) in [6.07, 6.45) is 13.0. The SMILES string of the molecule is [C-]1=CCc2c1ccc1ccc3ccccc3c21.[C-]1=CCc2c1ccc1ccc3ccccc3c21.[Cl-].[Cl-].[Ti+2]=[C](c1ccccc1)c1ccccc1. The molecule has 0 spiro atoms. The first-order valence-electron chi connectivity index (χ1n) is 16.5. The van der Waals surface area contributed by atoms with E-state index in [2.05, 4.69) is 190 Å². The quantitative estimate of drug-likeness (QED) is 0.129. The Balaban J connectivity index is 0.000000128. The molecule has 0 saturated carbocycles. The van der Waals surface area contributed by atoms with Crippen LogP contribution in [-0.2, 0) is 32.8 Å². The second kappa shape index (κ2) is 16.0. The molecule has 2 aliphatic carbocycles. The van der Waals surface area contributed by atoms with Gasteiger partial charge in [-0.3, -0.25) is 0 Å². The molecule has 0 nitrogen and oxygen atoms in total. The maximum absolute atomic E-state index is 3.33. The predicted octanol–water partition coefficient (Wildman–Crippen LogP) is 5.32. The van der Waals surface area contributed by atoms with Crippen molar-refractivity contribution in [2.24, 2.45) is 0 Å². The minimum absolute atomic E-state index is 0. The molecule has 0 atom stereocenters. The average molecular weight is 716 g/mol. The molecule has 0 bridgehead atoms. The molecule has 0 unspecified atom stereocenters. The zero-order valence-corrected chi connectivity index (χ0v) is 30.4. The van der Waals surface area contributed by atoms with E-state index < -0.39 is 0 Å². The van der Waals surface area contributed by atoms with Crippen molar-refractivity contribution in [3.8, 4) is 0 Å². The second-order valence-electron chi connectivity index (χ2n) is 12.2. The Morgan fingerprint density at radius 1 is 0.400 bits per heavy atom. The topological polar surface area (TPSA) is 0 Å². The number of rotatable bonds is 2. The van der Waals surface area contributed by atoms with Crippen LogP contribution >= 0.6 is 0 Å². The van der Waals surface area contributed by atoms with E-state index in [-0.39, 0.29) is 24.8 Å². The van der Waals surface area contributed by atoms with Crippen LogP contribution in [0.4, 0.5) is 0 Å². The molecule has 0 N–H and O–H groups in total. The molecule has 240 valence electrons. The van der Waals surface area contributed by atoms with Crippen molar-refractivity contribution in [3.63, 3.8) is 0 Å². The molecule has 8 aromatic carbocycles. The Hall–Kier alpha value is -4.56. The zero-order valence-electron chi connectivity index (χ0n) is 27.3. The van der Waals surface area contributed by atoms with E-state index >= 15 is 0 Å². The van der Waals surface area contributed by atoms with Gasteiger partial charge in [0.05, 0.1) is 0 Å². The summed E-state index contributed by atoms with van der Waals surface area (Å²) >= 11 is 2.16. The molecule has 2 aliphatic rings. The van der Waals surface area contributed by atoms with Crippen LogP contribution in [0.2, 0.25) is 0 Å².